The summed E-state index contributed by atoms with van der Waals surface area (Å²) < 4.78 is 5.58. The van der Waals surface area contributed by atoms with E-state index in [2.05, 4.69) is 48.5 Å². The van der Waals surface area contributed by atoms with Crippen molar-refractivity contribution in [3.63, 3.8) is 0 Å². The summed E-state index contributed by atoms with van der Waals surface area (Å²) in [7, 11) is 1.78. The molecule has 1 unspecified atom stereocenters. The minimum atomic E-state index is 0.222. The van der Waals surface area contributed by atoms with Crippen molar-refractivity contribution in [1.29, 1.82) is 0 Å². The molecule has 1 aromatic carbocycles. The van der Waals surface area contributed by atoms with Crippen molar-refractivity contribution in [1.82, 2.24) is 10.6 Å². The first-order chi connectivity index (χ1) is 10.1. The van der Waals surface area contributed by atoms with Gasteiger partial charge in [-0.2, -0.15) is 0 Å². The van der Waals surface area contributed by atoms with Gasteiger partial charge in [0.15, 0.2) is 5.96 Å². The molecule has 118 valence electrons. The van der Waals surface area contributed by atoms with Crippen LogP contribution in [0.5, 0.6) is 0 Å². The van der Waals surface area contributed by atoms with Gasteiger partial charge in [-0.3, -0.25) is 4.99 Å². The maximum absolute atomic E-state index is 5.58. The lowest BCUT2D eigenvalue weighted by molar-refractivity contribution is 0.128. The number of nitrogens with one attached hydrogen (secondary N) is 2. The van der Waals surface area contributed by atoms with Crippen LogP contribution in [0.4, 0.5) is 0 Å². The van der Waals surface area contributed by atoms with Gasteiger partial charge >= 0.3 is 0 Å². The third kappa shape index (κ3) is 7.71. The van der Waals surface area contributed by atoms with Gasteiger partial charge in [0.25, 0.3) is 0 Å². The maximum atomic E-state index is 5.58. The van der Waals surface area contributed by atoms with Crippen LogP contribution in [0.3, 0.4) is 0 Å². The van der Waals surface area contributed by atoms with E-state index >= 15 is 0 Å². The highest BCUT2D eigenvalue weighted by atomic mass is 16.5. The van der Waals surface area contributed by atoms with Crippen molar-refractivity contribution >= 4 is 5.96 Å². The summed E-state index contributed by atoms with van der Waals surface area (Å²) in [6.45, 7) is 8.83. The molecule has 2 N–H and O–H groups in total. The van der Waals surface area contributed by atoms with E-state index in [4.69, 9.17) is 4.74 Å². The standard InChI is InChI=1S/C17H29N3O/c1-14(2)10-12-21-13-11-19-17(18-4)20-15(3)16-8-6-5-7-9-16/h5-9,14-15H,10-13H2,1-4H3,(H2,18,19,20). The van der Waals surface area contributed by atoms with E-state index in [9.17, 15) is 0 Å². The molecule has 1 atom stereocenters. The van der Waals surface area contributed by atoms with Crippen LogP contribution in [0.15, 0.2) is 35.3 Å². The van der Waals surface area contributed by atoms with Crippen molar-refractivity contribution in [3.05, 3.63) is 35.9 Å². The molecule has 1 rings (SSSR count). The van der Waals surface area contributed by atoms with Crippen LogP contribution in [0.1, 0.15) is 38.8 Å². The van der Waals surface area contributed by atoms with Crippen molar-refractivity contribution in [2.24, 2.45) is 10.9 Å². The van der Waals surface area contributed by atoms with Gasteiger partial charge in [0, 0.05) is 20.2 Å². The Morgan fingerprint density at radius 3 is 2.48 bits per heavy atom. The van der Waals surface area contributed by atoms with Crippen LogP contribution in [0, 0.1) is 5.92 Å². The molecular weight excluding hydrogens is 262 g/mol. The van der Waals surface area contributed by atoms with E-state index in [-0.39, 0.29) is 6.04 Å². The summed E-state index contributed by atoms with van der Waals surface area (Å²) in [6.07, 6.45) is 1.11. The van der Waals surface area contributed by atoms with Crippen LogP contribution in [0.2, 0.25) is 0 Å². The van der Waals surface area contributed by atoms with Crippen molar-refractivity contribution in [3.8, 4) is 0 Å². The van der Waals surface area contributed by atoms with Crippen molar-refractivity contribution in [2.75, 3.05) is 26.8 Å². The van der Waals surface area contributed by atoms with Crippen LogP contribution in [-0.4, -0.2) is 32.8 Å². The Morgan fingerprint density at radius 1 is 1.14 bits per heavy atom. The molecule has 0 aliphatic heterocycles. The molecule has 0 heterocycles. The lowest BCUT2D eigenvalue weighted by Gasteiger charge is -2.18. The monoisotopic (exact) mass is 291 g/mol. The first-order valence-electron chi connectivity index (χ1n) is 7.73. The van der Waals surface area contributed by atoms with Crippen molar-refractivity contribution in [2.45, 2.75) is 33.2 Å². The summed E-state index contributed by atoms with van der Waals surface area (Å²) in [6, 6.07) is 10.6. The number of hydrogen-bond donors (Lipinski definition) is 2. The third-order valence-corrected chi connectivity index (χ3v) is 3.25. The maximum Gasteiger partial charge on any atom is 0.191 e. The largest absolute Gasteiger partial charge is 0.380 e. The van der Waals surface area contributed by atoms with Crippen molar-refractivity contribution < 1.29 is 4.74 Å². The Balaban J connectivity index is 2.23. The zero-order chi connectivity index (χ0) is 15.5. The molecule has 21 heavy (non-hydrogen) atoms. The third-order valence-electron chi connectivity index (χ3n) is 3.25. The fraction of sp³-hybridized carbons (Fsp3) is 0.588. The Labute approximate surface area is 129 Å². The summed E-state index contributed by atoms with van der Waals surface area (Å²) in [5.74, 6) is 1.50. The van der Waals surface area contributed by atoms with E-state index in [0.717, 1.165) is 25.5 Å². The summed E-state index contributed by atoms with van der Waals surface area (Å²) in [5.41, 5.74) is 1.24. The van der Waals surface area contributed by atoms with E-state index < -0.39 is 0 Å². The average Bonchev–Trinajstić information content (AvgIpc) is 2.49. The quantitative estimate of drug-likeness (QED) is 0.440. The van der Waals surface area contributed by atoms with E-state index in [0.29, 0.717) is 12.5 Å². The molecule has 0 radical (unpaired) electrons. The molecular formula is C17H29N3O. The SMILES string of the molecule is CN=C(NCCOCCC(C)C)NC(C)c1ccccc1. The number of nitrogens with zero attached hydrogens (tertiary/aromatic N) is 1. The lowest BCUT2D eigenvalue weighted by atomic mass is 10.1. The zero-order valence-corrected chi connectivity index (χ0v) is 13.7. The first kappa shape index (κ1) is 17.5. The highest BCUT2D eigenvalue weighted by Gasteiger charge is 2.06. The van der Waals surface area contributed by atoms with E-state index in [1.807, 2.05) is 18.2 Å². The molecule has 0 saturated heterocycles. The number of hydrogen-bond acceptors (Lipinski definition) is 2. The predicted molar refractivity (Wildman–Crippen MR) is 89.6 cm³/mol. The normalized spacial score (nSPS) is 13.3. The van der Waals surface area contributed by atoms with E-state index in [1.165, 1.54) is 5.56 Å². The van der Waals surface area contributed by atoms with Crippen LogP contribution in [0.25, 0.3) is 0 Å². The van der Waals surface area contributed by atoms with Gasteiger partial charge < -0.3 is 15.4 Å². The number of aliphatic imine (C=N–C) groups is 1. The molecule has 0 aromatic heterocycles. The van der Waals surface area contributed by atoms with Gasteiger partial charge in [-0.05, 0) is 24.8 Å². The highest BCUT2D eigenvalue weighted by molar-refractivity contribution is 5.80. The molecule has 0 spiro atoms. The molecule has 0 fully saturated rings. The Morgan fingerprint density at radius 2 is 1.86 bits per heavy atom. The summed E-state index contributed by atoms with van der Waals surface area (Å²) >= 11 is 0. The van der Waals surface area contributed by atoms with Gasteiger partial charge in [-0.25, -0.2) is 0 Å². The molecule has 0 amide bonds. The van der Waals surface area contributed by atoms with Crippen LogP contribution >= 0.6 is 0 Å². The zero-order valence-electron chi connectivity index (χ0n) is 13.7. The first-order valence-corrected chi connectivity index (χ1v) is 7.73. The topological polar surface area (TPSA) is 45.7 Å². The smallest absolute Gasteiger partial charge is 0.191 e. The number of rotatable bonds is 8. The molecule has 0 saturated carbocycles. The van der Waals surface area contributed by atoms with Gasteiger partial charge in [-0.1, -0.05) is 44.2 Å². The molecule has 1 aromatic rings. The summed E-state index contributed by atoms with van der Waals surface area (Å²) in [4.78, 5) is 4.24. The highest BCUT2D eigenvalue weighted by Crippen LogP contribution is 2.10. The van der Waals surface area contributed by atoms with Gasteiger partial charge in [0.2, 0.25) is 0 Å². The number of benzene rings is 1. The van der Waals surface area contributed by atoms with Gasteiger partial charge in [-0.15, -0.1) is 0 Å². The molecule has 0 aliphatic carbocycles. The van der Waals surface area contributed by atoms with E-state index in [1.54, 1.807) is 7.05 Å². The molecule has 4 heteroatoms. The lowest BCUT2D eigenvalue weighted by Crippen LogP contribution is -2.40. The fourth-order valence-corrected chi connectivity index (χ4v) is 1.89. The van der Waals surface area contributed by atoms with Crippen LogP contribution in [-0.2, 0) is 4.74 Å². The van der Waals surface area contributed by atoms with Gasteiger partial charge in [0.05, 0.1) is 12.6 Å². The minimum absolute atomic E-state index is 0.222. The second kappa shape index (κ2) is 10.2. The summed E-state index contributed by atoms with van der Waals surface area (Å²) in [5, 5.41) is 6.65. The van der Waals surface area contributed by atoms with Gasteiger partial charge in [0.1, 0.15) is 0 Å². The Bertz CT molecular complexity index is 404. The van der Waals surface area contributed by atoms with Crippen LogP contribution < -0.4 is 10.6 Å². The Kier molecular flexibility index (Phi) is 8.51. The molecule has 0 bridgehead atoms. The number of guanidine groups is 1. The Hall–Kier alpha value is -1.55. The molecule has 4 nitrogen and oxygen atoms in total. The minimum Gasteiger partial charge on any atom is -0.380 e. The second-order valence-corrected chi connectivity index (χ2v) is 5.57. The predicted octanol–water partition coefficient (Wildman–Crippen LogP) is 2.98. The average molecular weight is 291 g/mol. The molecule has 0 aliphatic rings. The number of ether oxygens (including phenoxy) is 1. The fourth-order valence-electron chi connectivity index (χ4n) is 1.89. The second-order valence-electron chi connectivity index (χ2n) is 5.57.